The number of methoxy groups -OCH3 is 2. The molecule has 1 aliphatic heterocycles. The van der Waals surface area contributed by atoms with Crippen molar-refractivity contribution in [3.63, 3.8) is 0 Å². The van der Waals surface area contributed by atoms with E-state index >= 15 is 0 Å². The third-order valence-electron chi connectivity index (χ3n) is 2.09. The van der Waals surface area contributed by atoms with Gasteiger partial charge in [0, 0.05) is 6.07 Å². The van der Waals surface area contributed by atoms with Gasteiger partial charge in [0.2, 0.25) is 0 Å². The van der Waals surface area contributed by atoms with Gasteiger partial charge in [0.05, 0.1) is 19.8 Å². The van der Waals surface area contributed by atoms with Crippen molar-refractivity contribution in [1.29, 1.82) is 0 Å². The van der Waals surface area contributed by atoms with Crippen LogP contribution in [-0.4, -0.2) is 24.7 Å². The zero-order valence-electron chi connectivity index (χ0n) is 8.43. The summed E-state index contributed by atoms with van der Waals surface area (Å²) in [6.45, 7) is 0. The summed E-state index contributed by atoms with van der Waals surface area (Å²) in [5.74, 6) is 1.66. The van der Waals surface area contributed by atoms with Gasteiger partial charge in [-0.05, 0) is 12.1 Å². The lowest BCUT2D eigenvalue weighted by atomic mass is 10.1. The number of fused-ring (bicyclic) bond motifs is 1. The lowest BCUT2D eigenvalue weighted by Gasteiger charge is -2.22. The van der Waals surface area contributed by atoms with Crippen LogP contribution in [0, 0.1) is 0 Å². The maximum absolute atomic E-state index is 9.23. The smallest absolute Gasteiger partial charge is 0.173 e. The molecule has 15 heavy (non-hydrogen) atoms. The van der Waals surface area contributed by atoms with E-state index in [4.69, 9.17) is 14.3 Å². The highest BCUT2D eigenvalue weighted by Crippen LogP contribution is 2.33. The van der Waals surface area contributed by atoms with Gasteiger partial charge in [-0.1, -0.05) is 5.23 Å². The van der Waals surface area contributed by atoms with Crippen LogP contribution in [0.5, 0.6) is 11.5 Å². The fraction of sp³-hybridized carbons (Fsp3) is 0.200. The summed E-state index contributed by atoms with van der Waals surface area (Å²) in [5.41, 5.74) is 0.767. The first-order chi connectivity index (χ1) is 7.24. The van der Waals surface area contributed by atoms with Crippen molar-refractivity contribution in [2.24, 2.45) is 0 Å². The minimum absolute atomic E-state index is 0.483. The molecule has 0 amide bonds. The van der Waals surface area contributed by atoms with Crippen molar-refractivity contribution in [1.82, 2.24) is 5.23 Å². The number of benzene rings is 1. The number of ether oxygens (including phenoxy) is 2. The molecule has 80 valence electrons. The van der Waals surface area contributed by atoms with E-state index < -0.39 is 0 Å². The summed E-state index contributed by atoms with van der Waals surface area (Å²) < 4.78 is 10.1. The minimum Gasteiger partial charge on any atom is -0.497 e. The normalized spacial score (nSPS) is 13.8. The van der Waals surface area contributed by atoms with Gasteiger partial charge in [-0.15, -0.1) is 0 Å². The molecule has 0 aliphatic carbocycles. The van der Waals surface area contributed by atoms with Gasteiger partial charge in [-0.3, -0.25) is 5.21 Å². The molecule has 0 fully saturated rings. The van der Waals surface area contributed by atoms with Crippen molar-refractivity contribution in [2.45, 2.75) is 0 Å². The summed E-state index contributed by atoms with van der Waals surface area (Å²) in [4.78, 5) is 5.06. The van der Waals surface area contributed by atoms with Crippen LogP contribution in [0.3, 0.4) is 0 Å². The van der Waals surface area contributed by atoms with Gasteiger partial charge in [0.25, 0.3) is 0 Å². The number of hydrogen-bond donors (Lipinski definition) is 1. The Kier molecular flexibility index (Phi) is 2.39. The standard InChI is InChI=1S/C10H11NO4/c1-13-7-3-4-8-9(5-7)15-11(12)6-10(8)14-2/h3-6,12H,1-2H3. The molecule has 2 rings (SSSR count). The molecule has 0 atom stereocenters. The monoisotopic (exact) mass is 209 g/mol. The Morgan fingerprint density at radius 1 is 1.27 bits per heavy atom. The van der Waals surface area contributed by atoms with Gasteiger partial charge in [-0.25, -0.2) is 0 Å². The average molecular weight is 209 g/mol. The Morgan fingerprint density at radius 2 is 2.07 bits per heavy atom. The molecule has 0 radical (unpaired) electrons. The van der Waals surface area contributed by atoms with Crippen LogP contribution in [0.25, 0.3) is 5.76 Å². The van der Waals surface area contributed by atoms with Gasteiger partial charge < -0.3 is 14.3 Å². The highest BCUT2D eigenvalue weighted by molar-refractivity contribution is 5.67. The van der Waals surface area contributed by atoms with Gasteiger partial charge in [0.1, 0.15) is 11.9 Å². The third kappa shape index (κ3) is 1.69. The number of hydroxylamine groups is 2. The summed E-state index contributed by atoms with van der Waals surface area (Å²) in [6.07, 6.45) is 1.34. The molecule has 1 N–H and O–H groups in total. The summed E-state index contributed by atoms with van der Waals surface area (Å²) in [5, 5.41) is 9.83. The number of hydrogen-bond acceptors (Lipinski definition) is 5. The number of rotatable bonds is 2. The molecule has 1 aromatic carbocycles. The molecule has 1 aromatic rings. The molecular weight excluding hydrogens is 198 g/mol. The zero-order chi connectivity index (χ0) is 10.8. The van der Waals surface area contributed by atoms with E-state index in [1.165, 1.54) is 13.3 Å². The number of nitrogens with zero attached hydrogens (tertiary/aromatic N) is 1. The fourth-order valence-corrected chi connectivity index (χ4v) is 1.37. The first-order valence-corrected chi connectivity index (χ1v) is 4.35. The van der Waals surface area contributed by atoms with Crippen molar-refractivity contribution in [2.75, 3.05) is 14.2 Å². The average Bonchev–Trinajstić information content (AvgIpc) is 2.26. The van der Waals surface area contributed by atoms with Crippen molar-refractivity contribution in [3.8, 4) is 11.5 Å². The van der Waals surface area contributed by atoms with Crippen molar-refractivity contribution < 1.29 is 19.5 Å². The SMILES string of the molecule is COC1=CN(O)Oc2cc(OC)ccc21. The predicted octanol–water partition coefficient (Wildman–Crippen LogP) is 1.64. The van der Waals surface area contributed by atoms with Crippen LogP contribution < -0.4 is 9.57 Å². The Balaban J connectivity index is 2.46. The zero-order valence-corrected chi connectivity index (χ0v) is 8.43. The van der Waals surface area contributed by atoms with Crippen molar-refractivity contribution in [3.05, 3.63) is 30.0 Å². The van der Waals surface area contributed by atoms with E-state index in [9.17, 15) is 5.21 Å². The van der Waals surface area contributed by atoms with E-state index in [-0.39, 0.29) is 0 Å². The molecule has 1 aliphatic rings. The van der Waals surface area contributed by atoms with Crippen molar-refractivity contribution >= 4 is 5.76 Å². The Morgan fingerprint density at radius 3 is 2.73 bits per heavy atom. The van der Waals surface area contributed by atoms with Crippen LogP contribution in [-0.2, 0) is 4.74 Å². The highest BCUT2D eigenvalue weighted by atomic mass is 16.9. The lowest BCUT2D eigenvalue weighted by Crippen LogP contribution is -2.21. The Labute approximate surface area is 87.0 Å². The molecule has 0 bridgehead atoms. The lowest BCUT2D eigenvalue weighted by molar-refractivity contribution is -0.244. The molecule has 0 aromatic heterocycles. The van der Waals surface area contributed by atoms with Crippen LogP contribution in [0.4, 0.5) is 0 Å². The maximum atomic E-state index is 9.23. The van der Waals surface area contributed by atoms with E-state index in [0.29, 0.717) is 22.5 Å². The van der Waals surface area contributed by atoms with E-state index in [0.717, 1.165) is 5.56 Å². The third-order valence-corrected chi connectivity index (χ3v) is 2.09. The Hall–Kier alpha value is -1.88. The summed E-state index contributed by atoms with van der Waals surface area (Å²) in [7, 11) is 3.09. The summed E-state index contributed by atoms with van der Waals surface area (Å²) >= 11 is 0. The minimum atomic E-state index is 0.483. The second kappa shape index (κ2) is 3.70. The van der Waals surface area contributed by atoms with Crippen LogP contribution in [0.2, 0.25) is 0 Å². The van der Waals surface area contributed by atoms with Gasteiger partial charge >= 0.3 is 0 Å². The molecule has 0 saturated carbocycles. The summed E-state index contributed by atoms with van der Waals surface area (Å²) in [6, 6.07) is 5.27. The first-order valence-electron chi connectivity index (χ1n) is 4.35. The highest BCUT2D eigenvalue weighted by Gasteiger charge is 2.19. The predicted molar refractivity (Wildman–Crippen MR) is 52.2 cm³/mol. The second-order valence-corrected chi connectivity index (χ2v) is 2.95. The van der Waals surface area contributed by atoms with E-state index in [1.807, 2.05) is 0 Å². The molecule has 1 heterocycles. The van der Waals surface area contributed by atoms with Crippen LogP contribution in [0.1, 0.15) is 5.56 Å². The quantitative estimate of drug-likeness (QED) is 0.802. The molecule has 5 heteroatoms. The van der Waals surface area contributed by atoms with E-state index in [1.54, 1.807) is 25.3 Å². The Bertz CT molecular complexity index is 402. The first kappa shape index (κ1) is 9.67. The van der Waals surface area contributed by atoms with Crippen LogP contribution in [0.15, 0.2) is 24.4 Å². The van der Waals surface area contributed by atoms with Gasteiger partial charge in [-0.2, -0.15) is 0 Å². The molecule has 0 saturated heterocycles. The molecule has 0 unspecified atom stereocenters. The molecule has 0 spiro atoms. The molecular formula is C10H11NO4. The fourth-order valence-electron chi connectivity index (χ4n) is 1.37. The topological polar surface area (TPSA) is 51.2 Å². The van der Waals surface area contributed by atoms with Crippen LogP contribution >= 0.6 is 0 Å². The maximum Gasteiger partial charge on any atom is 0.173 e. The second-order valence-electron chi connectivity index (χ2n) is 2.95. The molecule has 5 nitrogen and oxygen atoms in total. The largest absolute Gasteiger partial charge is 0.497 e. The van der Waals surface area contributed by atoms with Gasteiger partial charge in [0.15, 0.2) is 11.5 Å². The van der Waals surface area contributed by atoms with E-state index in [2.05, 4.69) is 0 Å².